The fourth-order valence-electron chi connectivity index (χ4n) is 2.15. The number of piperazine rings is 1. The molecule has 1 fully saturated rings. The molecule has 0 spiro atoms. The number of carbonyl (C=O) groups is 1. The molecule has 0 bridgehead atoms. The van der Waals surface area contributed by atoms with Crippen molar-refractivity contribution in [1.29, 1.82) is 0 Å². The molecule has 0 aliphatic carbocycles. The Morgan fingerprint density at radius 3 is 2.56 bits per heavy atom. The quantitative estimate of drug-likeness (QED) is 0.743. The highest BCUT2D eigenvalue weighted by Gasteiger charge is 2.18. The molecule has 0 atom stereocenters. The van der Waals surface area contributed by atoms with Crippen LogP contribution in [0.15, 0.2) is 18.2 Å². The van der Waals surface area contributed by atoms with Crippen molar-refractivity contribution >= 4 is 17.3 Å². The van der Waals surface area contributed by atoms with Crippen molar-refractivity contribution in [3.05, 3.63) is 23.8 Å². The molecular weight excluding hydrogens is 228 g/mol. The van der Waals surface area contributed by atoms with Gasteiger partial charge in [-0.2, -0.15) is 0 Å². The van der Waals surface area contributed by atoms with Crippen LogP contribution in [-0.2, 0) is 0 Å². The van der Waals surface area contributed by atoms with Crippen molar-refractivity contribution in [3.63, 3.8) is 0 Å². The number of nitrogens with two attached hydrogens (primary N) is 1. The van der Waals surface area contributed by atoms with E-state index in [-0.39, 0.29) is 5.91 Å². The van der Waals surface area contributed by atoms with Crippen LogP contribution in [0.3, 0.4) is 0 Å². The minimum Gasteiger partial charge on any atom is -0.397 e. The number of nitrogen functional groups attached to an aromatic ring is 1. The third-order valence-electron chi connectivity index (χ3n) is 3.16. The van der Waals surface area contributed by atoms with Gasteiger partial charge in [0, 0.05) is 45.8 Å². The highest BCUT2D eigenvalue weighted by Crippen LogP contribution is 2.23. The number of anilines is 2. The molecule has 1 amide bonds. The molecule has 0 saturated carbocycles. The van der Waals surface area contributed by atoms with Crippen LogP contribution >= 0.6 is 0 Å². The van der Waals surface area contributed by atoms with Crippen LogP contribution in [0, 0.1) is 0 Å². The van der Waals surface area contributed by atoms with Crippen molar-refractivity contribution in [3.8, 4) is 0 Å². The molecule has 98 valence electrons. The number of carbonyl (C=O) groups excluding carboxylic acids is 1. The lowest BCUT2D eigenvalue weighted by molar-refractivity contribution is 0.0736. The van der Waals surface area contributed by atoms with Gasteiger partial charge in [0.15, 0.2) is 0 Å². The molecule has 0 radical (unpaired) electrons. The molecule has 1 saturated heterocycles. The Kier molecular flexibility index (Phi) is 3.72. The fourth-order valence-corrected chi connectivity index (χ4v) is 2.15. The zero-order valence-electron chi connectivity index (χ0n) is 10.9. The standard InChI is InChI=1S/C13H20N4O/c1-16(2)12-4-3-10(9-11(12)14)13(18)17-7-5-15-6-8-17/h3-4,9,15H,5-8,14H2,1-2H3. The number of hydrogen-bond donors (Lipinski definition) is 2. The molecule has 1 aliphatic heterocycles. The lowest BCUT2D eigenvalue weighted by Crippen LogP contribution is -2.46. The molecular formula is C13H20N4O. The van der Waals surface area contributed by atoms with Gasteiger partial charge in [-0.3, -0.25) is 4.79 Å². The Labute approximate surface area is 108 Å². The average molecular weight is 248 g/mol. The van der Waals surface area contributed by atoms with Crippen molar-refractivity contribution in [2.45, 2.75) is 0 Å². The Morgan fingerprint density at radius 1 is 1.33 bits per heavy atom. The molecule has 18 heavy (non-hydrogen) atoms. The van der Waals surface area contributed by atoms with Crippen molar-refractivity contribution < 1.29 is 4.79 Å². The van der Waals surface area contributed by atoms with Gasteiger partial charge in [-0.1, -0.05) is 0 Å². The Bertz CT molecular complexity index is 439. The first kappa shape index (κ1) is 12.7. The number of nitrogens with zero attached hydrogens (tertiary/aromatic N) is 2. The van der Waals surface area contributed by atoms with E-state index in [2.05, 4.69) is 5.32 Å². The van der Waals surface area contributed by atoms with Gasteiger partial charge in [0.25, 0.3) is 5.91 Å². The first-order chi connectivity index (χ1) is 8.59. The SMILES string of the molecule is CN(C)c1ccc(C(=O)N2CCNCC2)cc1N. The van der Waals surface area contributed by atoms with E-state index < -0.39 is 0 Å². The maximum atomic E-state index is 12.3. The van der Waals surface area contributed by atoms with E-state index in [4.69, 9.17) is 5.73 Å². The Balaban J connectivity index is 2.18. The topological polar surface area (TPSA) is 61.6 Å². The molecule has 0 aromatic heterocycles. The number of rotatable bonds is 2. The molecule has 1 aromatic rings. The predicted molar refractivity (Wildman–Crippen MR) is 74.0 cm³/mol. The van der Waals surface area contributed by atoms with Crippen molar-refractivity contribution in [2.24, 2.45) is 0 Å². The van der Waals surface area contributed by atoms with E-state index in [0.717, 1.165) is 31.9 Å². The molecule has 2 rings (SSSR count). The van der Waals surface area contributed by atoms with Crippen LogP contribution in [0.1, 0.15) is 10.4 Å². The minimum atomic E-state index is 0.0634. The Hall–Kier alpha value is -1.75. The second-order valence-corrected chi connectivity index (χ2v) is 4.71. The van der Waals surface area contributed by atoms with Gasteiger partial charge in [0.1, 0.15) is 0 Å². The molecule has 3 N–H and O–H groups in total. The van der Waals surface area contributed by atoms with Gasteiger partial charge in [-0.25, -0.2) is 0 Å². The van der Waals surface area contributed by atoms with E-state index in [0.29, 0.717) is 11.3 Å². The van der Waals surface area contributed by atoms with E-state index in [1.807, 2.05) is 36.0 Å². The van der Waals surface area contributed by atoms with Gasteiger partial charge in [0.05, 0.1) is 11.4 Å². The maximum absolute atomic E-state index is 12.3. The second-order valence-electron chi connectivity index (χ2n) is 4.71. The molecule has 0 unspecified atom stereocenters. The summed E-state index contributed by atoms with van der Waals surface area (Å²) in [7, 11) is 3.87. The zero-order chi connectivity index (χ0) is 13.1. The lowest BCUT2D eigenvalue weighted by Gasteiger charge is -2.27. The van der Waals surface area contributed by atoms with Gasteiger partial charge in [-0.05, 0) is 18.2 Å². The maximum Gasteiger partial charge on any atom is 0.254 e. The molecule has 1 aromatic carbocycles. The predicted octanol–water partition coefficient (Wildman–Crippen LogP) is 0.380. The highest BCUT2D eigenvalue weighted by molar-refractivity contribution is 5.96. The summed E-state index contributed by atoms with van der Waals surface area (Å²) in [6.07, 6.45) is 0. The van der Waals surface area contributed by atoms with E-state index in [1.165, 1.54) is 0 Å². The largest absolute Gasteiger partial charge is 0.397 e. The summed E-state index contributed by atoms with van der Waals surface area (Å²) < 4.78 is 0. The van der Waals surface area contributed by atoms with E-state index in [1.54, 1.807) is 6.07 Å². The summed E-state index contributed by atoms with van der Waals surface area (Å²) in [4.78, 5) is 16.1. The summed E-state index contributed by atoms with van der Waals surface area (Å²) >= 11 is 0. The summed E-state index contributed by atoms with van der Waals surface area (Å²) in [6.45, 7) is 3.23. The highest BCUT2D eigenvalue weighted by atomic mass is 16.2. The molecule has 1 aliphatic rings. The number of benzene rings is 1. The fraction of sp³-hybridized carbons (Fsp3) is 0.462. The third-order valence-corrected chi connectivity index (χ3v) is 3.16. The first-order valence-electron chi connectivity index (χ1n) is 6.16. The number of nitrogens with one attached hydrogen (secondary N) is 1. The number of hydrogen-bond acceptors (Lipinski definition) is 4. The van der Waals surface area contributed by atoms with E-state index >= 15 is 0 Å². The molecule has 1 heterocycles. The van der Waals surface area contributed by atoms with Gasteiger partial charge in [0.2, 0.25) is 0 Å². The van der Waals surface area contributed by atoms with Crippen LogP contribution in [0.5, 0.6) is 0 Å². The van der Waals surface area contributed by atoms with Crippen LogP contribution in [0.25, 0.3) is 0 Å². The van der Waals surface area contributed by atoms with Crippen LogP contribution < -0.4 is 16.0 Å². The molecule has 5 nitrogen and oxygen atoms in total. The van der Waals surface area contributed by atoms with Gasteiger partial charge < -0.3 is 20.9 Å². The number of amides is 1. The van der Waals surface area contributed by atoms with Gasteiger partial charge >= 0.3 is 0 Å². The summed E-state index contributed by atoms with van der Waals surface area (Å²) in [5.74, 6) is 0.0634. The van der Waals surface area contributed by atoms with Gasteiger partial charge in [-0.15, -0.1) is 0 Å². The third kappa shape index (κ3) is 2.56. The Morgan fingerprint density at radius 2 is 2.00 bits per heavy atom. The second kappa shape index (κ2) is 5.27. The zero-order valence-corrected chi connectivity index (χ0v) is 10.9. The van der Waals surface area contributed by atoms with Crippen LogP contribution in [-0.4, -0.2) is 51.1 Å². The normalized spacial score (nSPS) is 15.6. The minimum absolute atomic E-state index is 0.0634. The molecule has 5 heteroatoms. The monoisotopic (exact) mass is 248 g/mol. The van der Waals surface area contributed by atoms with Crippen LogP contribution in [0.4, 0.5) is 11.4 Å². The average Bonchev–Trinajstić information content (AvgIpc) is 2.38. The lowest BCUT2D eigenvalue weighted by atomic mass is 10.1. The summed E-state index contributed by atoms with van der Waals surface area (Å²) in [5, 5.41) is 3.23. The van der Waals surface area contributed by atoms with Crippen molar-refractivity contribution in [1.82, 2.24) is 10.2 Å². The van der Waals surface area contributed by atoms with Crippen molar-refractivity contribution in [2.75, 3.05) is 50.9 Å². The van der Waals surface area contributed by atoms with Crippen LogP contribution in [0.2, 0.25) is 0 Å². The summed E-state index contributed by atoms with van der Waals surface area (Å²) in [6, 6.07) is 5.50. The smallest absolute Gasteiger partial charge is 0.254 e. The van der Waals surface area contributed by atoms with E-state index in [9.17, 15) is 4.79 Å². The first-order valence-corrected chi connectivity index (χ1v) is 6.16. The summed E-state index contributed by atoms with van der Waals surface area (Å²) in [5.41, 5.74) is 8.21.